The van der Waals surface area contributed by atoms with Gasteiger partial charge in [0.25, 0.3) is 11.6 Å². The van der Waals surface area contributed by atoms with Crippen molar-refractivity contribution in [1.82, 2.24) is 5.32 Å². The van der Waals surface area contributed by atoms with Crippen molar-refractivity contribution < 1.29 is 9.72 Å². The van der Waals surface area contributed by atoms with E-state index in [1.807, 2.05) is 43.3 Å². The molecule has 2 aromatic carbocycles. The molecule has 130 valence electrons. The van der Waals surface area contributed by atoms with Crippen LogP contribution in [0.25, 0.3) is 6.08 Å². The van der Waals surface area contributed by atoms with Crippen molar-refractivity contribution in [2.45, 2.75) is 13.0 Å². The van der Waals surface area contributed by atoms with Gasteiger partial charge in [-0.25, -0.2) is 0 Å². The van der Waals surface area contributed by atoms with Crippen LogP contribution in [-0.2, 0) is 4.79 Å². The molecule has 2 aromatic rings. The van der Waals surface area contributed by atoms with E-state index in [-0.39, 0.29) is 17.3 Å². The molecule has 1 N–H and O–H groups in total. The number of nitro benzene ring substituents is 1. The Bertz CT molecular complexity index is 896. The lowest BCUT2D eigenvalue weighted by molar-refractivity contribution is -0.385. The largest absolute Gasteiger partial charge is 0.345 e. The number of benzene rings is 2. The highest BCUT2D eigenvalue weighted by Crippen LogP contribution is 2.19. The van der Waals surface area contributed by atoms with Gasteiger partial charge in [0.2, 0.25) is 0 Å². The fraction of sp³-hybridized carbons (Fsp3) is 0.100. The first kappa shape index (κ1) is 18.6. The Hall–Kier alpha value is -3.72. The van der Waals surface area contributed by atoms with Gasteiger partial charge in [-0.05, 0) is 30.7 Å². The normalized spacial score (nSPS) is 12.4. The highest BCUT2D eigenvalue weighted by Gasteiger charge is 2.13. The smallest absolute Gasteiger partial charge is 0.276 e. The first-order chi connectivity index (χ1) is 12.5. The molecule has 0 saturated heterocycles. The van der Waals surface area contributed by atoms with Crippen molar-refractivity contribution in [3.8, 4) is 6.07 Å². The van der Waals surface area contributed by atoms with Crippen molar-refractivity contribution >= 4 is 17.7 Å². The number of amides is 1. The number of para-hydroxylation sites is 1. The molecule has 1 atom stereocenters. The maximum Gasteiger partial charge on any atom is 0.276 e. The second-order valence-electron chi connectivity index (χ2n) is 5.47. The molecule has 0 spiro atoms. The molecule has 2 rings (SSSR count). The van der Waals surface area contributed by atoms with E-state index >= 15 is 0 Å². The molecular formula is C20H17N3O3. The van der Waals surface area contributed by atoms with Crippen molar-refractivity contribution in [3.63, 3.8) is 0 Å². The quantitative estimate of drug-likeness (QED) is 0.281. The summed E-state index contributed by atoms with van der Waals surface area (Å²) in [6, 6.07) is 17.2. The number of rotatable bonds is 6. The lowest BCUT2D eigenvalue weighted by atomic mass is 10.1. The van der Waals surface area contributed by atoms with Gasteiger partial charge in [0.1, 0.15) is 11.6 Å². The molecule has 0 fully saturated rings. The van der Waals surface area contributed by atoms with Gasteiger partial charge in [-0.3, -0.25) is 14.9 Å². The standard InChI is InChI=1S/C20H17N3O3/c1-15(16-8-3-2-4-9-16)22-20(24)18(14-21)12-7-11-17-10-5-6-13-19(17)23(25)26/h2-13,15H,1H3,(H,22,24)/b11-7+,18-12+/t15-/m0/s1. The average molecular weight is 347 g/mol. The van der Waals surface area contributed by atoms with Gasteiger partial charge in [-0.1, -0.05) is 48.5 Å². The Morgan fingerprint density at radius 2 is 1.85 bits per heavy atom. The van der Waals surface area contributed by atoms with Crippen molar-refractivity contribution in [3.05, 3.63) is 93.6 Å². The third-order valence-electron chi connectivity index (χ3n) is 3.68. The van der Waals surface area contributed by atoms with Gasteiger partial charge < -0.3 is 5.32 Å². The Kier molecular flexibility index (Phi) is 6.40. The Labute approximate surface area is 151 Å². The summed E-state index contributed by atoms with van der Waals surface area (Å²) in [5.74, 6) is -0.504. The van der Waals surface area contributed by atoms with E-state index < -0.39 is 10.8 Å². The van der Waals surface area contributed by atoms with Crippen LogP contribution in [0.15, 0.2) is 72.3 Å². The minimum absolute atomic E-state index is 0.0437. The number of nitro groups is 1. The van der Waals surface area contributed by atoms with Crippen LogP contribution in [0.5, 0.6) is 0 Å². The summed E-state index contributed by atoms with van der Waals surface area (Å²) in [5, 5.41) is 22.9. The predicted molar refractivity (Wildman–Crippen MR) is 98.8 cm³/mol. The fourth-order valence-corrected chi connectivity index (χ4v) is 2.31. The van der Waals surface area contributed by atoms with Crippen LogP contribution in [0.2, 0.25) is 0 Å². The van der Waals surface area contributed by atoms with Crippen LogP contribution < -0.4 is 5.32 Å². The summed E-state index contributed by atoms with van der Waals surface area (Å²) in [4.78, 5) is 22.7. The number of nitrogens with zero attached hydrogens (tertiary/aromatic N) is 2. The summed E-state index contributed by atoms with van der Waals surface area (Å²) in [6.07, 6.45) is 4.28. The second-order valence-corrected chi connectivity index (χ2v) is 5.47. The third kappa shape index (κ3) is 4.89. The van der Waals surface area contributed by atoms with E-state index in [0.29, 0.717) is 5.56 Å². The molecule has 0 heterocycles. The second kappa shape index (κ2) is 8.94. The van der Waals surface area contributed by atoms with Gasteiger partial charge in [-0.15, -0.1) is 0 Å². The maximum absolute atomic E-state index is 12.2. The van der Waals surface area contributed by atoms with Crippen LogP contribution in [0, 0.1) is 21.4 Å². The molecule has 0 aliphatic carbocycles. The molecule has 26 heavy (non-hydrogen) atoms. The number of nitrogens with one attached hydrogen (secondary N) is 1. The molecule has 1 amide bonds. The topological polar surface area (TPSA) is 96.0 Å². The van der Waals surface area contributed by atoms with Crippen molar-refractivity contribution in [2.24, 2.45) is 0 Å². The van der Waals surface area contributed by atoms with E-state index in [1.54, 1.807) is 18.2 Å². The molecule has 0 saturated carbocycles. The number of hydrogen-bond donors (Lipinski definition) is 1. The van der Waals surface area contributed by atoms with Crippen LogP contribution in [0.4, 0.5) is 5.69 Å². The van der Waals surface area contributed by atoms with E-state index in [9.17, 15) is 20.2 Å². The highest BCUT2D eigenvalue weighted by molar-refractivity contribution is 5.97. The summed E-state index contributed by atoms with van der Waals surface area (Å²) < 4.78 is 0. The van der Waals surface area contributed by atoms with Crippen LogP contribution in [0.3, 0.4) is 0 Å². The van der Waals surface area contributed by atoms with Crippen LogP contribution in [0.1, 0.15) is 24.1 Å². The molecule has 6 nitrogen and oxygen atoms in total. The molecular weight excluding hydrogens is 330 g/mol. The monoisotopic (exact) mass is 347 g/mol. The Morgan fingerprint density at radius 1 is 1.19 bits per heavy atom. The maximum atomic E-state index is 12.2. The number of carbonyl (C=O) groups excluding carboxylic acids is 1. The molecule has 0 radical (unpaired) electrons. The lowest BCUT2D eigenvalue weighted by Gasteiger charge is -2.13. The number of allylic oxidation sites excluding steroid dienone is 2. The molecule has 6 heteroatoms. The molecule has 0 bridgehead atoms. The Morgan fingerprint density at radius 3 is 2.50 bits per heavy atom. The molecule has 0 unspecified atom stereocenters. The first-order valence-electron chi connectivity index (χ1n) is 7.90. The van der Waals surface area contributed by atoms with Crippen molar-refractivity contribution in [2.75, 3.05) is 0 Å². The highest BCUT2D eigenvalue weighted by atomic mass is 16.6. The summed E-state index contributed by atoms with van der Waals surface area (Å²) in [7, 11) is 0. The van der Waals surface area contributed by atoms with E-state index in [2.05, 4.69) is 5.32 Å². The Balaban J connectivity index is 2.12. The number of carbonyl (C=O) groups is 1. The van der Waals surface area contributed by atoms with Gasteiger partial charge in [0.05, 0.1) is 16.5 Å². The van der Waals surface area contributed by atoms with E-state index in [4.69, 9.17) is 0 Å². The van der Waals surface area contributed by atoms with E-state index in [1.165, 1.54) is 24.3 Å². The number of nitriles is 1. The van der Waals surface area contributed by atoms with Crippen LogP contribution in [-0.4, -0.2) is 10.8 Å². The minimum atomic E-state index is -0.504. The zero-order chi connectivity index (χ0) is 18.9. The SMILES string of the molecule is C[C@H](NC(=O)/C(C#N)=C/C=C/c1ccccc1[N+](=O)[O-])c1ccccc1. The zero-order valence-corrected chi connectivity index (χ0v) is 14.1. The van der Waals surface area contributed by atoms with Gasteiger partial charge in [0, 0.05) is 6.07 Å². The van der Waals surface area contributed by atoms with Gasteiger partial charge in [0.15, 0.2) is 0 Å². The number of hydrogen-bond acceptors (Lipinski definition) is 4. The molecule has 0 aliphatic rings. The molecule has 0 aliphatic heterocycles. The fourth-order valence-electron chi connectivity index (χ4n) is 2.31. The lowest BCUT2D eigenvalue weighted by Crippen LogP contribution is -2.27. The van der Waals surface area contributed by atoms with Gasteiger partial charge >= 0.3 is 0 Å². The zero-order valence-electron chi connectivity index (χ0n) is 14.1. The summed E-state index contributed by atoms with van der Waals surface area (Å²) >= 11 is 0. The summed E-state index contributed by atoms with van der Waals surface area (Å²) in [6.45, 7) is 1.82. The van der Waals surface area contributed by atoms with Crippen LogP contribution >= 0.6 is 0 Å². The summed E-state index contributed by atoms with van der Waals surface area (Å²) in [5.41, 5.74) is 1.19. The molecule has 0 aromatic heterocycles. The first-order valence-corrected chi connectivity index (χ1v) is 7.90. The average Bonchev–Trinajstić information content (AvgIpc) is 2.66. The van der Waals surface area contributed by atoms with Gasteiger partial charge in [-0.2, -0.15) is 5.26 Å². The van der Waals surface area contributed by atoms with Crippen molar-refractivity contribution in [1.29, 1.82) is 5.26 Å². The minimum Gasteiger partial charge on any atom is -0.345 e. The van der Waals surface area contributed by atoms with E-state index in [0.717, 1.165) is 5.56 Å². The third-order valence-corrected chi connectivity index (χ3v) is 3.68. The predicted octanol–water partition coefficient (Wildman–Crippen LogP) is 3.94.